The summed E-state index contributed by atoms with van der Waals surface area (Å²) in [7, 11) is 0. The van der Waals surface area contributed by atoms with Crippen LogP contribution in [-0.4, -0.2) is 11.0 Å². The summed E-state index contributed by atoms with van der Waals surface area (Å²) in [6.07, 6.45) is 3.27. The van der Waals surface area contributed by atoms with E-state index in [0.717, 1.165) is 45.9 Å². The molecular weight excluding hydrogens is 410 g/mol. The Morgan fingerprint density at radius 1 is 1.11 bits per heavy atom. The number of hydrogen-bond acceptors (Lipinski definition) is 4. The lowest BCUT2D eigenvalue weighted by atomic mass is 9.78. The van der Waals surface area contributed by atoms with E-state index >= 15 is 0 Å². The smallest absolute Gasteiger partial charge is 0.230 e. The largest absolute Gasteiger partial charge is 0.382 e. The molecule has 3 nitrogen and oxygen atoms in total. The van der Waals surface area contributed by atoms with Crippen molar-refractivity contribution in [1.29, 1.82) is 0 Å². The average molecular weight is 432 g/mol. The Kier molecular flexibility index (Phi) is 5.88. The number of benzene rings is 1. The molecule has 2 N–H and O–H groups in total. The fourth-order valence-electron chi connectivity index (χ4n) is 3.95. The summed E-state index contributed by atoms with van der Waals surface area (Å²) in [5.74, 6) is 0.0843. The van der Waals surface area contributed by atoms with Gasteiger partial charge in [0.1, 0.15) is 6.10 Å². The van der Waals surface area contributed by atoms with Gasteiger partial charge in [0, 0.05) is 19.7 Å². The quantitative estimate of drug-likeness (QED) is 0.528. The Bertz CT molecular complexity index is 928. The molecule has 2 aromatic heterocycles. The molecule has 146 valence electrons. The molecule has 1 amide bonds. The van der Waals surface area contributed by atoms with Crippen LogP contribution in [0.4, 0.5) is 0 Å². The highest BCUT2D eigenvalue weighted by Crippen LogP contribution is 2.42. The maximum absolute atomic E-state index is 13.2. The normalized spacial score (nSPS) is 16.8. The van der Waals surface area contributed by atoms with Gasteiger partial charge in [-0.1, -0.05) is 42.6 Å². The molecule has 3 aromatic rings. The minimum Gasteiger partial charge on any atom is -0.382 e. The van der Waals surface area contributed by atoms with Crippen LogP contribution in [-0.2, 0) is 16.8 Å². The molecule has 1 saturated carbocycles. The van der Waals surface area contributed by atoms with Gasteiger partial charge >= 0.3 is 0 Å². The van der Waals surface area contributed by atoms with Crippen molar-refractivity contribution in [3.05, 3.63) is 79.1 Å². The monoisotopic (exact) mass is 431 g/mol. The number of aliphatic hydroxyl groups excluding tert-OH is 1. The van der Waals surface area contributed by atoms with Crippen molar-refractivity contribution < 1.29 is 9.90 Å². The number of hydrogen-bond donors (Lipinski definition) is 2. The van der Waals surface area contributed by atoms with Gasteiger partial charge in [-0.25, -0.2) is 0 Å². The first-order valence-electron chi connectivity index (χ1n) is 9.43. The molecule has 0 radical (unpaired) electrons. The van der Waals surface area contributed by atoms with Crippen LogP contribution in [0.25, 0.3) is 0 Å². The molecule has 2 heterocycles. The van der Waals surface area contributed by atoms with E-state index in [1.54, 1.807) is 22.7 Å². The molecule has 1 aliphatic rings. The third kappa shape index (κ3) is 3.90. The third-order valence-electron chi connectivity index (χ3n) is 5.48. The van der Waals surface area contributed by atoms with Crippen LogP contribution in [0.1, 0.15) is 52.0 Å². The van der Waals surface area contributed by atoms with E-state index in [1.165, 1.54) is 0 Å². The number of carbonyl (C=O) groups excluding carboxylic acids is 1. The lowest BCUT2D eigenvalue weighted by molar-refractivity contribution is -0.126. The molecule has 4 rings (SSSR count). The van der Waals surface area contributed by atoms with Crippen molar-refractivity contribution in [1.82, 2.24) is 5.32 Å². The molecule has 28 heavy (non-hydrogen) atoms. The van der Waals surface area contributed by atoms with Crippen molar-refractivity contribution in [3.63, 3.8) is 0 Å². The molecule has 1 aromatic carbocycles. The van der Waals surface area contributed by atoms with Crippen LogP contribution < -0.4 is 5.32 Å². The predicted octanol–water partition coefficient (Wildman–Crippen LogP) is 5.67. The van der Waals surface area contributed by atoms with Crippen molar-refractivity contribution in [2.75, 3.05) is 0 Å². The van der Waals surface area contributed by atoms with E-state index in [-0.39, 0.29) is 5.91 Å². The molecule has 0 spiro atoms. The lowest BCUT2D eigenvalue weighted by Crippen LogP contribution is -2.42. The summed E-state index contributed by atoms with van der Waals surface area (Å²) in [5, 5.41) is 16.3. The minimum absolute atomic E-state index is 0.0843. The number of aliphatic hydroxyl groups is 1. The third-order valence-corrected chi connectivity index (χ3v) is 7.79. The Morgan fingerprint density at radius 3 is 2.54 bits per heavy atom. The highest BCUT2D eigenvalue weighted by atomic mass is 35.5. The van der Waals surface area contributed by atoms with Crippen LogP contribution in [0.3, 0.4) is 0 Å². The summed E-state index contributed by atoms with van der Waals surface area (Å²) in [6, 6.07) is 15.5. The predicted molar refractivity (Wildman–Crippen MR) is 116 cm³/mol. The van der Waals surface area contributed by atoms with Gasteiger partial charge in [0.2, 0.25) is 5.91 Å². The second kappa shape index (κ2) is 8.37. The number of halogens is 1. The molecule has 1 fully saturated rings. The zero-order valence-corrected chi connectivity index (χ0v) is 17.7. The summed E-state index contributed by atoms with van der Waals surface area (Å²) < 4.78 is 0. The maximum atomic E-state index is 13.2. The van der Waals surface area contributed by atoms with Crippen molar-refractivity contribution in [3.8, 4) is 0 Å². The summed E-state index contributed by atoms with van der Waals surface area (Å²) in [5.41, 5.74) is 0.591. The second-order valence-corrected chi connectivity index (χ2v) is 9.82. The number of rotatable bonds is 6. The van der Waals surface area contributed by atoms with E-state index < -0.39 is 11.5 Å². The van der Waals surface area contributed by atoms with Crippen LogP contribution >= 0.6 is 34.3 Å². The highest BCUT2D eigenvalue weighted by Gasteiger charge is 2.42. The molecule has 1 atom stereocenters. The first kappa shape index (κ1) is 19.6. The molecule has 0 saturated heterocycles. The van der Waals surface area contributed by atoms with Crippen molar-refractivity contribution >= 4 is 40.2 Å². The Morgan fingerprint density at radius 2 is 1.86 bits per heavy atom. The highest BCUT2D eigenvalue weighted by molar-refractivity contribution is 7.12. The van der Waals surface area contributed by atoms with Gasteiger partial charge in [0.25, 0.3) is 0 Å². The zero-order valence-electron chi connectivity index (χ0n) is 15.4. The molecule has 1 unspecified atom stereocenters. The number of nitrogens with one attached hydrogen (secondary N) is 1. The van der Waals surface area contributed by atoms with E-state index in [0.29, 0.717) is 11.6 Å². The van der Waals surface area contributed by atoms with Crippen LogP contribution in [0.2, 0.25) is 5.02 Å². The first-order valence-corrected chi connectivity index (χ1v) is 11.5. The maximum Gasteiger partial charge on any atom is 0.230 e. The molecule has 6 heteroatoms. The van der Waals surface area contributed by atoms with Crippen molar-refractivity contribution in [2.24, 2.45) is 0 Å². The molecule has 1 aliphatic carbocycles. The molecule has 0 bridgehead atoms. The summed E-state index contributed by atoms with van der Waals surface area (Å²) >= 11 is 9.12. The Hall–Kier alpha value is -1.66. The topological polar surface area (TPSA) is 49.3 Å². The Labute approximate surface area is 178 Å². The molecular formula is C22H22ClNO2S2. The molecule has 0 aliphatic heterocycles. The van der Waals surface area contributed by atoms with Crippen LogP contribution in [0, 0.1) is 0 Å². The number of amides is 1. The fourth-order valence-corrected chi connectivity index (χ4v) is 5.84. The van der Waals surface area contributed by atoms with Gasteiger partial charge in [-0.15, -0.1) is 22.7 Å². The fraction of sp³-hybridized carbons (Fsp3) is 0.318. The van der Waals surface area contributed by atoms with E-state index in [4.69, 9.17) is 11.6 Å². The minimum atomic E-state index is -0.593. The van der Waals surface area contributed by atoms with E-state index in [2.05, 4.69) is 5.32 Å². The van der Waals surface area contributed by atoms with E-state index in [9.17, 15) is 9.90 Å². The lowest BCUT2D eigenvalue weighted by Gasteiger charge is -2.28. The second-order valence-electron chi connectivity index (χ2n) is 7.20. The number of carbonyl (C=O) groups is 1. The van der Waals surface area contributed by atoms with Gasteiger partial charge in [0.05, 0.1) is 12.0 Å². The standard InChI is InChI=1S/C22H22ClNO2S2/c23-16-7-5-15(6-8-16)22(11-1-2-12-22)21(26)24-14-17-9-10-19(28-17)20(25)18-4-3-13-27-18/h3-10,13,20,25H,1-2,11-12,14H2,(H,24,26). The first-order chi connectivity index (χ1) is 13.6. The van der Waals surface area contributed by atoms with Crippen LogP contribution in [0.5, 0.6) is 0 Å². The van der Waals surface area contributed by atoms with Gasteiger partial charge < -0.3 is 10.4 Å². The number of thiophene rings is 2. The zero-order chi connectivity index (χ0) is 19.6. The van der Waals surface area contributed by atoms with Gasteiger partial charge in [0.15, 0.2) is 0 Å². The Balaban J connectivity index is 1.45. The SMILES string of the molecule is O=C(NCc1ccc(C(O)c2cccs2)s1)C1(c2ccc(Cl)cc2)CCCC1. The van der Waals surface area contributed by atoms with Gasteiger partial charge in [-0.2, -0.15) is 0 Å². The van der Waals surface area contributed by atoms with E-state index in [1.807, 2.05) is 53.9 Å². The van der Waals surface area contributed by atoms with Gasteiger partial charge in [-0.05, 0) is 54.1 Å². The average Bonchev–Trinajstić information content (AvgIpc) is 3.48. The van der Waals surface area contributed by atoms with Gasteiger partial charge in [-0.3, -0.25) is 4.79 Å². The summed E-state index contributed by atoms with van der Waals surface area (Å²) in [4.78, 5) is 16.0. The van der Waals surface area contributed by atoms with Crippen molar-refractivity contribution in [2.45, 2.75) is 43.7 Å². The van der Waals surface area contributed by atoms with Crippen LogP contribution in [0.15, 0.2) is 53.9 Å². The summed E-state index contributed by atoms with van der Waals surface area (Å²) in [6.45, 7) is 0.482.